The van der Waals surface area contributed by atoms with Gasteiger partial charge in [-0.2, -0.15) is 0 Å². The van der Waals surface area contributed by atoms with E-state index in [-0.39, 0.29) is 6.04 Å². The number of hydrogen-bond donors (Lipinski definition) is 1. The van der Waals surface area contributed by atoms with Crippen molar-refractivity contribution in [1.29, 1.82) is 0 Å². The molecule has 0 spiro atoms. The summed E-state index contributed by atoms with van der Waals surface area (Å²) in [5, 5.41) is 0.725. The number of rotatable bonds is 5. The van der Waals surface area contributed by atoms with Gasteiger partial charge in [0.1, 0.15) is 5.76 Å². The molecule has 1 aromatic heterocycles. The summed E-state index contributed by atoms with van der Waals surface area (Å²) in [4.78, 5) is 2.17. The first-order valence-corrected chi connectivity index (χ1v) is 6.82. The molecular formula is C15H19ClN2O. The van der Waals surface area contributed by atoms with Crippen LogP contribution in [-0.4, -0.2) is 6.54 Å². The molecule has 0 radical (unpaired) electrons. The van der Waals surface area contributed by atoms with E-state index in [0.29, 0.717) is 6.54 Å². The molecule has 1 heterocycles. The zero-order valence-corrected chi connectivity index (χ0v) is 12.0. The molecule has 0 bridgehead atoms. The fourth-order valence-electron chi connectivity index (χ4n) is 2.02. The zero-order chi connectivity index (χ0) is 13.8. The molecule has 0 amide bonds. The van der Waals surface area contributed by atoms with Gasteiger partial charge in [0.15, 0.2) is 0 Å². The van der Waals surface area contributed by atoms with Crippen LogP contribution in [0.15, 0.2) is 41.0 Å². The van der Waals surface area contributed by atoms with Crippen LogP contribution in [0.2, 0.25) is 5.02 Å². The van der Waals surface area contributed by atoms with E-state index >= 15 is 0 Å². The van der Waals surface area contributed by atoms with E-state index in [1.165, 1.54) is 0 Å². The molecule has 102 valence electrons. The topological polar surface area (TPSA) is 42.4 Å². The van der Waals surface area contributed by atoms with Crippen molar-refractivity contribution in [1.82, 2.24) is 0 Å². The first kappa shape index (κ1) is 14.0. The summed E-state index contributed by atoms with van der Waals surface area (Å²) in [5.74, 6) is 0.925. The Bertz CT molecular complexity index is 523. The number of benzene rings is 1. The fourth-order valence-corrected chi connectivity index (χ4v) is 2.33. The highest BCUT2D eigenvalue weighted by molar-refractivity contribution is 6.33. The molecule has 0 saturated carbocycles. The van der Waals surface area contributed by atoms with Crippen LogP contribution in [-0.2, 0) is 6.54 Å². The maximum atomic E-state index is 6.36. The number of furan rings is 1. The second-order valence-corrected chi connectivity index (χ2v) is 5.00. The molecule has 2 aromatic rings. The largest absolute Gasteiger partial charge is 0.467 e. The normalized spacial score (nSPS) is 12.4. The van der Waals surface area contributed by atoms with Crippen LogP contribution in [0.4, 0.5) is 5.69 Å². The molecule has 0 fully saturated rings. The number of nitrogens with zero attached hydrogens (tertiary/aromatic N) is 1. The summed E-state index contributed by atoms with van der Waals surface area (Å²) in [7, 11) is 0. The second kappa shape index (κ2) is 6.13. The quantitative estimate of drug-likeness (QED) is 0.899. The molecule has 3 nitrogen and oxygen atoms in total. The number of halogens is 1. The third-order valence-corrected chi connectivity index (χ3v) is 3.45. The predicted molar refractivity (Wildman–Crippen MR) is 79.5 cm³/mol. The number of hydrogen-bond acceptors (Lipinski definition) is 3. The van der Waals surface area contributed by atoms with Gasteiger partial charge >= 0.3 is 0 Å². The van der Waals surface area contributed by atoms with E-state index < -0.39 is 0 Å². The predicted octanol–water partition coefficient (Wildman–Crippen LogP) is 3.98. The molecule has 0 unspecified atom stereocenters. The van der Waals surface area contributed by atoms with E-state index in [1.807, 2.05) is 37.3 Å². The Balaban J connectivity index is 2.23. The van der Waals surface area contributed by atoms with Gasteiger partial charge in [-0.15, -0.1) is 0 Å². The molecular weight excluding hydrogens is 260 g/mol. The molecule has 4 heteroatoms. The molecule has 0 aliphatic carbocycles. The lowest BCUT2D eigenvalue weighted by atomic mass is 10.1. The van der Waals surface area contributed by atoms with E-state index in [2.05, 4.69) is 11.8 Å². The first-order valence-electron chi connectivity index (χ1n) is 6.44. The Kier molecular flexibility index (Phi) is 4.51. The molecule has 1 aromatic carbocycles. The lowest BCUT2D eigenvalue weighted by Gasteiger charge is -2.23. The summed E-state index contributed by atoms with van der Waals surface area (Å²) < 4.78 is 5.38. The maximum absolute atomic E-state index is 6.36. The van der Waals surface area contributed by atoms with E-state index in [4.69, 9.17) is 21.8 Å². The summed E-state index contributed by atoms with van der Waals surface area (Å²) in [6.45, 7) is 5.61. The van der Waals surface area contributed by atoms with Gasteiger partial charge in [-0.1, -0.05) is 17.7 Å². The van der Waals surface area contributed by atoms with Gasteiger partial charge in [0.25, 0.3) is 0 Å². The second-order valence-electron chi connectivity index (χ2n) is 4.59. The minimum atomic E-state index is -0.00768. The molecule has 2 rings (SSSR count). The average Bonchev–Trinajstić information content (AvgIpc) is 2.89. The van der Waals surface area contributed by atoms with Crippen molar-refractivity contribution >= 4 is 17.3 Å². The third kappa shape index (κ3) is 3.31. The van der Waals surface area contributed by atoms with E-state index in [0.717, 1.165) is 28.6 Å². The molecule has 0 aliphatic rings. The Morgan fingerprint density at radius 1 is 1.37 bits per heavy atom. The zero-order valence-electron chi connectivity index (χ0n) is 11.3. The first-order chi connectivity index (χ1) is 9.11. The van der Waals surface area contributed by atoms with Crippen molar-refractivity contribution < 1.29 is 4.42 Å². The van der Waals surface area contributed by atoms with Crippen molar-refractivity contribution in [3.8, 4) is 0 Å². The fraction of sp³-hybridized carbons (Fsp3) is 0.333. The van der Waals surface area contributed by atoms with Crippen molar-refractivity contribution in [3.63, 3.8) is 0 Å². The Labute approximate surface area is 119 Å². The highest BCUT2D eigenvalue weighted by Gasteiger charge is 2.12. The van der Waals surface area contributed by atoms with Gasteiger partial charge in [0.05, 0.1) is 23.5 Å². The molecule has 0 saturated heterocycles. The van der Waals surface area contributed by atoms with Gasteiger partial charge < -0.3 is 15.1 Å². The van der Waals surface area contributed by atoms with Gasteiger partial charge in [-0.25, -0.2) is 0 Å². The highest BCUT2D eigenvalue weighted by Crippen LogP contribution is 2.29. The standard InChI is InChI=1S/C15H19ClN2O/c1-3-18(10-13-5-4-8-19-13)15-7-6-12(11(2)17)9-14(15)16/h4-9,11H,3,10,17H2,1-2H3/t11-/m0/s1. The van der Waals surface area contributed by atoms with E-state index in [1.54, 1.807) is 6.26 Å². The van der Waals surface area contributed by atoms with Crippen LogP contribution in [0.25, 0.3) is 0 Å². The third-order valence-electron chi connectivity index (χ3n) is 3.15. The van der Waals surface area contributed by atoms with Crippen LogP contribution < -0.4 is 10.6 Å². The number of anilines is 1. The Morgan fingerprint density at radius 2 is 2.16 bits per heavy atom. The van der Waals surface area contributed by atoms with Crippen molar-refractivity contribution in [2.45, 2.75) is 26.4 Å². The Hall–Kier alpha value is -1.45. The van der Waals surface area contributed by atoms with Gasteiger partial charge in [0.2, 0.25) is 0 Å². The van der Waals surface area contributed by atoms with Crippen LogP contribution in [0.1, 0.15) is 31.2 Å². The summed E-state index contributed by atoms with van der Waals surface area (Å²) in [6, 6.07) is 9.83. The lowest BCUT2D eigenvalue weighted by molar-refractivity contribution is 0.503. The average molecular weight is 279 g/mol. The number of nitrogens with two attached hydrogens (primary N) is 1. The SMILES string of the molecule is CCN(Cc1ccco1)c1ccc([C@H](C)N)cc1Cl. The lowest BCUT2D eigenvalue weighted by Crippen LogP contribution is -2.22. The van der Waals surface area contributed by atoms with Gasteiger partial charge in [-0.3, -0.25) is 0 Å². The summed E-state index contributed by atoms with van der Waals surface area (Å²) in [6.07, 6.45) is 1.68. The summed E-state index contributed by atoms with van der Waals surface area (Å²) in [5.41, 5.74) is 7.91. The molecule has 0 aliphatic heterocycles. The van der Waals surface area contributed by atoms with Crippen LogP contribution >= 0.6 is 11.6 Å². The molecule has 2 N–H and O–H groups in total. The van der Waals surface area contributed by atoms with Crippen LogP contribution in [0.3, 0.4) is 0 Å². The maximum Gasteiger partial charge on any atom is 0.123 e. The summed E-state index contributed by atoms with van der Waals surface area (Å²) >= 11 is 6.36. The van der Waals surface area contributed by atoms with E-state index in [9.17, 15) is 0 Å². The van der Waals surface area contributed by atoms with Crippen LogP contribution in [0.5, 0.6) is 0 Å². The van der Waals surface area contributed by atoms with Crippen molar-refractivity contribution in [2.24, 2.45) is 5.73 Å². The monoisotopic (exact) mass is 278 g/mol. The van der Waals surface area contributed by atoms with Crippen molar-refractivity contribution in [2.75, 3.05) is 11.4 Å². The molecule has 1 atom stereocenters. The van der Waals surface area contributed by atoms with Crippen LogP contribution in [0, 0.1) is 0 Å². The van der Waals surface area contributed by atoms with Crippen molar-refractivity contribution in [3.05, 3.63) is 52.9 Å². The van der Waals surface area contributed by atoms with Gasteiger partial charge in [-0.05, 0) is 43.7 Å². The smallest absolute Gasteiger partial charge is 0.123 e. The van der Waals surface area contributed by atoms with Gasteiger partial charge in [0, 0.05) is 12.6 Å². The molecule has 19 heavy (non-hydrogen) atoms. The minimum absolute atomic E-state index is 0.00768. The highest BCUT2D eigenvalue weighted by atomic mass is 35.5. The Morgan fingerprint density at radius 3 is 2.68 bits per heavy atom. The minimum Gasteiger partial charge on any atom is -0.467 e.